The lowest BCUT2D eigenvalue weighted by molar-refractivity contribution is -0.149. The Balaban J connectivity index is 1.75. The maximum Gasteiger partial charge on any atom is 0.459 e. The molecule has 3 rings (SSSR count). The molecule has 0 aliphatic carbocycles. The minimum Gasteiger partial charge on any atom is -0.462 e. The molecule has 2 aromatic rings. The summed E-state index contributed by atoms with van der Waals surface area (Å²) < 4.78 is 45.7. The Labute approximate surface area is 205 Å². The highest BCUT2D eigenvalue weighted by atomic mass is 32.2. The molecular weight excluding hydrogens is 502 g/mol. The van der Waals surface area contributed by atoms with Crippen LogP contribution in [0, 0.1) is 0 Å². The number of nitrogens with two attached hydrogens (primary N) is 1. The summed E-state index contributed by atoms with van der Waals surface area (Å²) in [4.78, 5) is 27.9. The molecule has 192 valence electrons. The second-order valence-corrected chi connectivity index (χ2v) is 11.1. The van der Waals surface area contributed by atoms with Crippen LogP contribution < -0.4 is 21.0 Å². The number of aliphatic hydroxyl groups excluding tert-OH is 1. The van der Waals surface area contributed by atoms with Gasteiger partial charge in [-0.05, 0) is 39.0 Å². The molecule has 0 radical (unpaired) electrons. The zero-order valence-corrected chi connectivity index (χ0v) is 21.0. The van der Waals surface area contributed by atoms with Crippen molar-refractivity contribution in [2.24, 2.45) is 0 Å². The molecule has 11 nitrogen and oxygen atoms in total. The number of aliphatic hydroxyl groups is 1. The number of hydrogen-bond acceptors (Lipinski definition) is 10. The van der Waals surface area contributed by atoms with Crippen LogP contribution in [0.1, 0.15) is 26.1 Å². The smallest absolute Gasteiger partial charge is 0.459 e. The molecule has 14 heteroatoms. The molecule has 0 saturated carbocycles. The highest BCUT2D eigenvalue weighted by Gasteiger charge is 2.46. The number of ether oxygens (including phenoxy) is 1. The molecular formula is C21H28FN4O7PS. The van der Waals surface area contributed by atoms with Gasteiger partial charge in [-0.2, -0.15) is 10.1 Å². The molecule has 35 heavy (non-hydrogen) atoms. The first-order chi connectivity index (χ1) is 16.5. The van der Waals surface area contributed by atoms with Gasteiger partial charge < -0.3 is 20.1 Å². The summed E-state index contributed by atoms with van der Waals surface area (Å²) in [6.45, 7) is 4.36. The van der Waals surface area contributed by atoms with Crippen molar-refractivity contribution in [3.63, 3.8) is 0 Å². The van der Waals surface area contributed by atoms with Crippen LogP contribution in [0.15, 0.2) is 47.4 Å². The number of rotatable bonds is 10. The number of esters is 1. The molecule has 2 heterocycles. The predicted molar refractivity (Wildman–Crippen MR) is 129 cm³/mol. The van der Waals surface area contributed by atoms with Crippen molar-refractivity contribution in [3.05, 3.63) is 53.1 Å². The van der Waals surface area contributed by atoms with E-state index in [2.05, 4.69) is 10.1 Å². The van der Waals surface area contributed by atoms with Gasteiger partial charge in [0.25, 0.3) is 0 Å². The number of alkyl halides is 1. The zero-order valence-electron chi connectivity index (χ0n) is 19.3. The number of nitrogens with one attached hydrogen (secondary N) is 1. The van der Waals surface area contributed by atoms with Crippen LogP contribution in [0.2, 0.25) is 0 Å². The van der Waals surface area contributed by atoms with Crippen LogP contribution in [-0.4, -0.2) is 56.9 Å². The molecule has 6 atom stereocenters. The summed E-state index contributed by atoms with van der Waals surface area (Å²) in [6.07, 6.45) is -2.48. The lowest BCUT2D eigenvalue weighted by Crippen LogP contribution is -2.37. The minimum absolute atomic E-state index is 0.0136. The summed E-state index contributed by atoms with van der Waals surface area (Å²) in [5.41, 5.74) is 4.72. The van der Waals surface area contributed by atoms with E-state index < -0.39 is 61.1 Å². The Morgan fingerprint density at radius 1 is 1.31 bits per heavy atom. The maximum atomic E-state index is 14.9. The lowest BCUT2D eigenvalue weighted by atomic mass is 10.1. The van der Waals surface area contributed by atoms with Gasteiger partial charge in [0.2, 0.25) is 0 Å². The highest BCUT2D eigenvalue weighted by molar-refractivity contribution is 8.00. The lowest BCUT2D eigenvalue weighted by Gasteiger charge is -2.25. The van der Waals surface area contributed by atoms with Crippen LogP contribution in [0.4, 0.5) is 10.2 Å². The maximum absolute atomic E-state index is 14.9. The third kappa shape index (κ3) is 7.05. The molecule has 1 aromatic carbocycles. The van der Waals surface area contributed by atoms with Crippen molar-refractivity contribution < 1.29 is 32.6 Å². The number of carbonyl (C=O) groups is 1. The number of nitrogens with zero attached hydrogens (tertiary/aromatic N) is 2. The molecule has 0 bridgehead atoms. The van der Waals surface area contributed by atoms with E-state index in [0.717, 1.165) is 16.3 Å². The second-order valence-electron chi connectivity index (χ2n) is 8.08. The average molecular weight is 531 g/mol. The number of hydrogen-bond donors (Lipinski definition) is 3. The summed E-state index contributed by atoms with van der Waals surface area (Å²) in [5.74, 6) is -0.483. The molecule has 1 fully saturated rings. The Morgan fingerprint density at radius 2 is 2.00 bits per heavy atom. The number of benzene rings is 1. The van der Waals surface area contributed by atoms with Crippen LogP contribution >= 0.6 is 19.5 Å². The Kier molecular flexibility index (Phi) is 8.94. The highest BCUT2D eigenvalue weighted by Crippen LogP contribution is 2.48. The van der Waals surface area contributed by atoms with Gasteiger partial charge in [-0.3, -0.25) is 13.9 Å². The van der Waals surface area contributed by atoms with Gasteiger partial charge in [0.15, 0.2) is 6.17 Å². The predicted octanol–water partition coefficient (Wildman–Crippen LogP) is 2.27. The van der Waals surface area contributed by atoms with E-state index in [1.165, 1.54) is 19.2 Å². The summed E-state index contributed by atoms with van der Waals surface area (Å²) in [6, 6.07) is 8.41. The van der Waals surface area contributed by atoms with Crippen LogP contribution in [0.25, 0.3) is 0 Å². The SMILES string of the molecule is CC(C)OC(=O)[C@H](C)NP(=O)(OC[C@H]1S[C@@H](n2ccc(N)nc2=O)[C@@H](F)[C@@H]1O)Oc1ccccc1. The van der Waals surface area contributed by atoms with Gasteiger partial charge in [-0.25, -0.2) is 13.8 Å². The number of halogens is 1. The molecule has 1 aromatic heterocycles. The minimum atomic E-state index is -4.20. The molecule has 4 N–H and O–H groups in total. The molecule has 1 unspecified atom stereocenters. The van der Waals surface area contributed by atoms with Crippen LogP contribution in [0.3, 0.4) is 0 Å². The van der Waals surface area contributed by atoms with Gasteiger partial charge in [0, 0.05) is 6.20 Å². The number of carbonyl (C=O) groups excluding carboxylic acids is 1. The number of aromatic nitrogens is 2. The Morgan fingerprint density at radius 3 is 2.63 bits per heavy atom. The van der Waals surface area contributed by atoms with Crippen LogP contribution in [-0.2, 0) is 18.6 Å². The average Bonchev–Trinajstić information content (AvgIpc) is 3.06. The number of thioether (sulfide) groups is 1. The van der Waals surface area contributed by atoms with Gasteiger partial charge >= 0.3 is 19.4 Å². The number of anilines is 1. The first-order valence-electron chi connectivity index (χ1n) is 10.8. The Bertz CT molecular complexity index is 1120. The summed E-state index contributed by atoms with van der Waals surface area (Å²) in [5, 5.41) is 11.0. The van der Waals surface area contributed by atoms with E-state index in [1.54, 1.807) is 44.2 Å². The molecule has 1 aliphatic heterocycles. The monoisotopic (exact) mass is 530 g/mol. The van der Waals surface area contributed by atoms with Crippen molar-refractivity contribution in [1.29, 1.82) is 0 Å². The number of para-hydroxylation sites is 1. The van der Waals surface area contributed by atoms with Gasteiger partial charge in [-0.1, -0.05) is 18.2 Å². The van der Waals surface area contributed by atoms with Crippen molar-refractivity contribution in [3.8, 4) is 5.75 Å². The third-order valence-electron chi connectivity index (χ3n) is 4.85. The van der Waals surface area contributed by atoms with E-state index in [4.69, 9.17) is 19.5 Å². The topological polar surface area (TPSA) is 155 Å². The van der Waals surface area contributed by atoms with Crippen LogP contribution in [0.5, 0.6) is 5.75 Å². The first kappa shape index (κ1) is 27.2. The largest absolute Gasteiger partial charge is 0.462 e. The third-order valence-corrected chi connectivity index (χ3v) is 8.03. The molecule has 1 aliphatic rings. The summed E-state index contributed by atoms with van der Waals surface area (Å²) in [7, 11) is -4.20. The van der Waals surface area contributed by atoms with Gasteiger partial charge in [0.05, 0.1) is 18.0 Å². The fraction of sp³-hybridized carbons (Fsp3) is 0.476. The normalized spacial score (nSPS) is 24.6. The van der Waals surface area contributed by atoms with Crippen molar-refractivity contribution >= 4 is 31.3 Å². The van der Waals surface area contributed by atoms with Crippen molar-refractivity contribution in [2.75, 3.05) is 12.3 Å². The zero-order chi connectivity index (χ0) is 25.8. The van der Waals surface area contributed by atoms with E-state index >= 15 is 0 Å². The van der Waals surface area contributed by atoms with Crippen molar-refractivity contribution in [1.82, 2.24) is 14.6 Å². The fourth-order valence-corrected chi connectivity index (χ4v) is 6.23. The molecule has 0 spiro atoms. The second kappa shape index (κ2) is 11.5. The van der Waals surface area contributed by atoms with E-state index in [9.17, 15) is 23.7 Å². The van der Waals surface area contributed by atoms with Crippen molar-refractivity contribution in [2.45, 2.75) is 55.8 Å². The standard InChI is InChI=1S/C21H28FN4O7PS/c1-12(2)32-20(28)13(3)25-34(30,33-14-7-5-4-6-8-14)31-11-15-18(27)17(22)19(35-15)26-10-9-16(23)24-21(26)29/h4-10,12-13,15,17-19,27H,11H2,1-3H3,(H,25,30)(H2,23,24,29)/t13-,15+,17-,18+,19+,34?/m0/s1. The van der Waals surface area contributed by atoms with Gasteiger partial charge in [0.1, 0.15) is 29.1 Å². The van der Waals surface area contributed by atoms with E-state index in [0.29, 0.717) is 0 Å². The first-order valence-corrected chi connectivity index (χ1v) is 13.3. The molecule has 0 amide bonds. The number of nitrogen functional groups attached to an aromatic ring is 1. The van der Waals surface area contributed by atoms with Gasteiger partial charge in [-0.15, -0.1) is 11.8 Å². The quantitative estimate of drug-likeness (QED) is 0.306. The summed E-state index contributed by atoms with van der Waals surface area (Å²) >= 11 is 0.917. The fourth-order valence-electron chi connectivity index (χ4n) is 3.19. The Hall–Kier alpha value is -2.44. The van der Waals surface area contributed by atoms with E-state index in [1.807, 2.05) is 0 Å². The molecule has 1 saturated heterocycles. The van der Waals surface area contributed by atoms with E-state index in [-0.39, 0.29) is 11.6 Å².